The van der Waals surface area contributed by atoms with E-state index in [1.54, 1.807) is 19.1 Å². The van der Waals surface area contributed by atoms with Crippen LogP contribution in [0.25, 0.3) is 0 Å². The van der Waals surface area contributed by atoms with Crippen LogP contribution >= 0.6 is 0 Å². The molecule has 0 saturated carbocycles. The SMILES string of the molecule is CCOC(=O)Cc1c(C#N)ccc(CN)c1OC. The summed E-state index contributed by atoms with van der Waals surface area (Å²) in [5.41, 5.74) is 7.29. The van der Waals surface area contributed by atoms with Crippen molar-refractivity contribution >= 4 is 5.97 Å². The van der Waals surface area contributed by atoms with E-state index in [0.717, 1.165) is 5.56 Å². The fourth-order valence-electron chi connectivity index (χ4n) is 1.73. The number of carbonyl (C=O) groups is 1. The van der Waals surface area contributed by atoms with Crippen molar-refractivity contribution in [1.82, 2.24) is 0 Å². The van der Waals surface area contributed by atoms with E-state index in [1.807, 2.05) is 6.07 Å². The van der Waals surface area contributed by atoms with E-state index in [2.05, 4.69) is 0 Å². The van der Waals surface area contributed by atoms with Gasteiger partial charge in [-0.3, -0.25) is 4.79 Å². The topological polar surface area (TPSA) is 85.3 Å². The van der Waals surface area contributed by atoms with Crippen LogP contribution in [-0.2, 0) is 22.5 Å². The molecule has 5 nitrogen and oxygen atoms in total. The van der Waals surface area contributed by atoms with Gasteiger partial charge in [0, 0.05) is 17.7 Å². The van der Waals surface area contributed by atoms with E-state index in [1.165, 1.54) is 7.11 Å². The Morgan fingerprint density at radius 2 is 2.22 bits per heavy atom. The Balaban J connectivity index is 3.20. The maximum atomic E-state index is 11.5. The highest BCUT2D eigenvalue weighted by molar-refractivity contribution is 5.75. The minimum atomic E-state index is -0.388. The van der Waals surface area contributed by atoms with Gasteiger partial charge in [0.2, 0.25) is 0 Å². The fourth-order valence-corrected chi connectivity index (χ4v) is 1.73. The van der Waals surface area contributed by atoms with Crippen molar-refractivity contribution < 1.29 is 14.3 Å². The number of hydrogen-bond donors (Lipinski definition) is 1. The van der Waals surface area contributed by atoms with Crippen molar-refractivity contribution in [1.29, 1.82) is 5.26 Å². The normalized spacial score (nSPS) is 9.67. The lowest BCUT2D eigenvalue weighted by Gasteiger charge is -2.13. The first kappa shape index (κ1) is 14.0. The molecular formula is C13H16N2O3. The lowest BCUT2D eigenvalue weighted by molar-refractivity contribution is -0.142. The van der Waals surface area contributed by atoms with E-state index in [4.69, 9.17) is 20.5 Å². The average Bonchev–Trinajstić information content (AvgIpc) is 2.38. The summed E-state index contributed by atoms with van der Waals surface area (Å²) in [5, 5.41) is 9.06. The van der Waals surface area contributed by atoms with Crippen LogP contribution in [0.2, 0.25) is 0 Å². The Morgan fingerprint density at radius 3 is 2.72 bits per heavy atom. The first-order valence-electron chi connectivity index (χ1n) is 5.62. The van der Waals surface area contributed by atoms with Gasteiger partial charge in [0.25, 0.3) is 0 Å². The third-order valence-electron chi connectivity index (χ3n) is 2.51. The lowest BCUT2D eigenvalue weighted by Crippen LogP contribution is -2.12. The molecule has 0 fully saturated rings. The molecule has 0 aliphatic rings. The molecule has 0 unspecified atom stereocenters. The Bertz CT molecular complexity index is 478. The molecule has 0 radical (unpaired) electrons. The Labute approximate surface area is 106 Å². The van der Waals surface area contributed by atoms with Gasteiger partial charge in [-0.05, 0) is 13.0 Å². The molecule has 0 aromatic heterocycles. The largest absolute Gasteiger partial charge is 0.496 e. The molecule has 18 heavy (non-hydrogen) atoms. The third-order valence-corrected chi connectivity index (χ3v) is 2.51. The number of methoxy groups -OCH3 is 1. The van der Waals surface area contributed by atoms with E-state index in [0.29, 0.717) is 23.5 Å². The third kappa shape index (κ3) is 2.99. The number of hydrogen-bond acceptors (Lipinski definition) is 5. The van der Waals surface area contributed by atoms with Crippen LogP contribution in [0.3, 0.4) is 0 Å². The van der Waals surface area contributed by atoms with Crippen molar-refractivity contribution in [2.75, 3.05) is 13.7 Å². The quantitative estimate of drug-likeness (QED) is 0.789. The summed E-state index contributed by atoms with van der Waals surface area (Å²) < 4.78 is 10.1. The van der Waals surface area contributed by atoms with Gasteiger partial charge in [0.15, 0.2) is 0 Å². The second-order valence-electron chi connectivity index (χ2n) is 3.58. The molecule has 0 amide bonds. The fraction of sp³-hybridized carbons (Fsp3) is 0.385. The number of rotatable bonds is 5. The summed E-state index contributed by atoms with van der Waals surface area (Å²) in [6, 6.07) is 5.41. The number of carbonyl (C=O) groups excluding carboxylic acids is 1. The van der Waals surface area contributed by atoms with Gasteiger partial charge in [0.05, 0.1) is 31.8 Å². The summed E-state index contributed by atoms with van der Waals surface area (Å²) in [6.07, 6.45) is 0.00769. The van der Waals surface area contributed by atoms with Crippen molar-refractivity contribution in [2.24, 2.45) is 5.73 Å². The van der Waals surface area contributed by atoms with Crippen LogP contribution < -0.4 is 10.5 Å². The lowest BCUT2D eigenvalue weighted by atomic mass is 10.00. The molecule has 0 saturated heterocycles. The summed E-state index contributed by atoms with van der Waals surface area (Å²) in [6.45, 7) is 2.32. The van der Waals surface area contributed by atoms with E-state index in [-0.39, 0.29) is 18.9 Å². The van der Waals surface area contributed by atoms with Gasteiger partial charge in [0.1, 0.15) is 5.75 Å². The second-order valence-corrected chi connectivity index (χ2v) is 3.58. The Hall–Kier alpha value is -2.06. The minimum absolute atomic E-state index is 0.00769. The standard InChI is InChI=1S/C13H16N2O3/c1-3-18-12(16)6-11-9(7-14)4-5-10(8-15)13(11)17-2/h4-5H,3,6,8,15H2,1-2H3. The van der Waals surface area contributed by atoms with Crippen molar-refractivity contribution in [3.8, 4) is 11.8 Å². The van der Waals surface area contributed by atoms with Crippen LogP contribution in [-0.4, -0.2) is 19.7 Å². The number of esters is 1. The zero-order valence-electron chi connectivity index (χ0n) is 10.5. The highest BCUT2D eigenvalue weighted by Gasteiger charge is 2.17. The number of nitrogens with zero attached hydrogens (tertiary/aromatic N) is 1. The van der Waals surface area contributed by atoms with Gasteiger partial charge >= 0.3 is 5.97 Å². The second kappa shape index (κ2) is 6.62. The predicted molar refractivity (Wildman–Crippen MR) is 65.9 cm³/mol. The van der Waals surface area contributed by atoms with E-state index in [9.17, 15) is 4.79 Å². The zero-order valence-corrected chi connectivity index (χ0v) is 10.5. The molecule has 0 aliphatic carbocycles. The van der Waals surface area contributed by atoms with E-state index >= 15 is 0 Å². The molecule has 0 aliphatic heterocycles. The van der Waals surface area contributed by atoms with Crippen LogP contribution in [0.1, 0.15) is 23.6 Å². The Morgan fingerprint density at radius 1 is 1.50 bits per heavy atom. The zero-order chi connectivity index (χ0) is 13.5. The molecule has 0 heterocycles. The van der Waals surface area contributed by atoms with E-state index < -0.39 is 0 Å². The van der Waals surface area contributed by atoms with Gasteiger partial charge in [-0.1, -0.05) is 6.07 Å². The highest BCUT2D eigenvalue weighted by atomic mass is 16.5. The van der Waals surface area contributed by atoms with Crippen molar-refractivity contribution in [2.45, 2.75) is 19.9 Å². The molecule has 1 aromatic carbocycles. The molecule has 96 valence electrons. The highest BCUT2D eigenvalue weighted by Crippen LogP contribution is 2.27. The number of nitriles is 1. The number of ether oxygens (including phenoxy) is 2. The van der Waals surface area contributed by atoms with Crippen LogP contribution in [0, 0.1) is 11.3 Å². The first-order chi connectivity index (χ1) is 8.67. The van der Waals surface area contributed by atoms with Crippen LogP contribution in [0.15, 0.2) is 12.1 Å². The molecule has 0 spiro atoms. The molecule has 0 bridgehead atoms. The summed E-state index contributed by atoms with van der Waals surface area (Å²) in [5.74, 6) is 0.103. The summed E-state index contributed by atoms with van der Waals surface area (Å²) >= 11 is 0. The molecule has 1 aromatic rings. The summed E-state index contributed by atoms with van der Waals surface area (Å²) in [4.78, 5) is 11.5. The van der Waals surface area contributed by atoms with Crippen LogP contribution in [0.4, 0.5) is 0 Å². The molecule has 1 rings (SSSR count). The number of benzene rings is 1. The monoisotopic (exact) mass is 248 g/mol. The van der Waals surface area contributed by atoms with Crippen molar-refractivity contribution in [3.63, 3.8) is 0 Å². The molecule has 2 N–H and O–H groups in total. The average molecular weight is 248 g/mol. The number of nitrogens with two attached hydrogens (primary N) is 1. The van der Waals surface area contributed by atoms with Gasteiger partial charge in [-0.2, -0.15) is 5.26 Å². The predicted octanol–water partition coefficient (Wildman–Crippen LogP) is 1.13. The van der Waals surface area contributed by atoms with Crippen LogP contribution in [0.5, 0.6) is 5.75 Å². The first-order valence-corrected chi connectivity index (χ1v) is 5.62. The maximum Gasteiger partial charge on any atom is 0.310 e. The molecular weight excluding hydrogens is 232 g/mol. The van der Waals surface area contributed by atoms with Gasteiger partial charge in [-0.15, -0.1) is 0 Å². The smallest absolute Gasteiger partial charge is 0.310 e. The Kier molecular flexibility index (Phi) is 5.15. The van der Waals surface area contributed by atoms with Gasteiger partial charge in [-0.25, -0.2) is 0 Å². The summed E-state index contributed by atoms with van der Waals surface area (Å²) in [7, 11) is 1.49. The van der Waals surface area contributed by atoms with Crippen molar-refractivity contribution in [3.05, 3.63) is 28.8 Å². The van der Waals surface area contributed by atoms with Gasteiger partial charge < -0.3 is 15.2 Å². The minimum Gasteiger partial charge on any atom is -0.496 e. The molecule has 5 heteroatoms. The molecule has 0 atom stereocenters. The maximum absolute atomic E-state index is 11.5.